The third-order valence-corrected chi connectivity index (χ3v) is 5.73. The van der Waals surface area contributed by atoms with Crippen LogP contribution in [-0.2, 0) is 10.0 Å². The molecule has 0 spiro atoms. The van der Waals surface area contributed by atoms with Crippen molar-refractivity contribution in [2.24, 2.45) is 5.92 Å². The van der Waals surface area contributed by atoms with Crippen LogP contribution >= 0.6 is 0 Å². The summed E-state index contributed by atoms with van der Waals surface area (Å²) in [5.41, 5.74) is 0.554. The monoisotopic (exact) mass is 328 g/mol. The van der Waals surface area contributed by atoms with E-state index in [9.17, 15) is 12.8 Å². The van der Waals surface area contributed by atoms with E-state index >= 15 is 0 Å². The smallest absolute Gasteiger partial charge is 0.240 e. The molecule has 0 amide bonds. The normalized spacial score (nSPS) is 20.2. The third kappa shape index (κ3) is 4.76. The van der Waals surface area contributed by atoms with Crippen LogP contribution in [0.2, 0.25) is 0 Å². The number of aryl methyl sites for hydroxylation is 1. The number of rotatable bonds is 6. The molecule has 0 aromatic heterocycles. The number of benzene rings is 1. The first kappa shape index (κ1) is 17.4. The summed E-state index contributed by atoms with van der Waals surface area (Å²) in [5, 5.41) is 0. The Labute approximate surface area is 132 Å². The van der Waals surface area contributed by atoms with E-state index in [0.717, 1.165) is 38.0 Å². The highest BCUT2D eigenvalue weighted by Gasteiger charge is 2.18. The summed E-state index contributed by atoms with van der Waals surface area (Å²) in [5.74, 6) is 0.189. The maximum absolute atomic E-state index is 13.2. The zero-order chi connectivity index (χ0) is 16.2. The van der Waals surface area contributed by atoms with Gasteiger partial charge in [0.05, 0.1) is 4.90 Å². The van der Waals surface area contributed by atoms with Gasteiger partial charge in [0.25, 0.3) is 0 Å². The number of nitrogens with one attached hydrogen (secondary N) is 1. The average molecular weight is 328 g/mol. The summed E-state index contributed by atoms with van der Waals surface area (Å²) in [6.45, 7) is 7.39. The first-order valence-electron chi connectivity index (χ1n) is 7.86. The molecule has 4 nitrogen and oxygen atoms in total. The van der Waals surface area contributed by atoms with E-state index in [0.29, 0.717) is 12.1 Å². The van der Waals surface area contributed by atoms with Gasteiger partial charge in [-0.1, -0.05) is 13.0 Å². The molecule has 124 valence electrons. The highest BCUT2D eigenvalue weighted by atomic mass is 32.2. The zero-order valence-electron chi connectivity index (χ0n) is 13.3. The minimum atomic E-state index is -3.64. The predicted molar refractivity (Wildman–Crippen MR) is 85.8 cm³/mol. The fraction of sp³-hybridized carbons (Fsp3) is 0.625. The minimum Gasteiger partial charge on any atom is -0.303 e. The van der Waals surface area contributed by atoms with Crippen molar-refractivity contribution in [3.63, 3.8) is 0 Å². The van der Waals surface area contributed by atoms with Crippen LogP contribution in [0.15, 0.2) is 23.1 Å². The van der Waals surface area contributed by atoms with Gasteiger partial charge in [-0.05, 0) is 62.9 Å². The average Bonchev–Trinajstić information content (AvgIpc) is 2.46. The Balaban J connectivity index is 1.84. The van der Waals surface area contributed by atoms with Crippen LogP contribution < -0.4 is 4.72 Å². The SMILES string of the molecule is Cc1ccc(F)cc1S(=O)(=O)NCCCN1CCCC(C)C1. The highest BCUT2D eigenvalue weighted by Crippen LogP contribution is 2.17. The Hall–Kier alpha value is -0.980. The molecule has 22 heavy (non-hydrogen) atoms. The maximum Gasteiger partial charge on any atom is 0.240 e. The van der Waals surface area contributed by atoms with Crippen molar-refractivity contribution in [2.75, 3.05) is 26.2 Å². The van der Waals surface area contributed by atoms with E-state index in [1.807, 2.05) is 0 Å². The van der Waals surface area contributed by atoms with E-state index in [2.05, 4.69) is 16.5 Å². The lowest BCUT2D eigenvalue weighted by Crippen LogP contribution is -2.36. The van der Waals surface area contributed by atoms with Gasteiger partial charge in [-0.25, -0.2) is 17.5 Å². The van der Waals surface area contributed by atoms with E-state index in [4.69, 9.17) is 0 Å². The van der Waals surface area contributed by atoms with Crippen molar-refractivity contribution >= 4 is 10.0 Å². The quantitative estimate of drug-likeness (QED) is 0.817. The van der Waals surface area contributed by atoms with Crippen molar-refractivity contribution in [3.05, 3.63) is 29.6 Å². The van der Waals surface area contributed by atoms with Gasteiger partial charge in [0.1, 0.15) is 5.82 Å². The Morgan fingerprint density at radius 1 is 1.41 bits per heavy atom. The molecule has 6 heteroatoms. The van der Waals surface area contributed by atoms with Gasteiger partial charge in [-0.15, -0.1) is 0 Å². The molecular formula is C16H25FN2O2S. The van der Waals surface area contributed by atoms with E-state index in [1.54, 1.807) is 6.92 Å². The zero-order valence-corrected chi connectivity index (χ0v) is 14.1. The summed E-state index contributed by atoms with van der Waals surface area (Å²) in [6.07, 6.45) is 3.26. The molecule has 0 aliphatic carbocycles. The van der Waals surface area contributed by atoms with E-state index in [-0.39, 0.29) is 4.90 Å². The van der Waals surface area contributed by atoms with Crippen molar-refractivity contribution in [1.29, 1.82) is 0 Å². The van der Waals surface area contributed by atoms with Gasteiger partial charge in [-0.3, -0.25) is 0 Å². The number of halogens is 1. The molecule has 0 bridgehead atoms. The summed E-state index contributed by atoms with van der Waals surface area (Å²) < 4.78 is 40.3. The number of piperidine rings is 1. The lowest BCUT2D eigenvalue weighted by molar-refractivity contribution is 0.182. The standard InChI is InChI=1S/C16H25FN2O2S/c1-13-5-3-9-19(12-13)10-4-8-18-22(20,21)16-11-15(17)7-6-14(16)2/h6-7,11,13,18H,3-5,8-10,12H2,1-2H3. The second-order valence-corrected chi connectivity index (χ2v) is 7.94. The lowest BCUT2D eigenvalue weighted by Gasteiger charge is -2.30. The molecule has 1 saturated heterocycles. The van der Waals surface area contributed by atoms with Gasteiger partial charge in [-0.2, -0.15) is 0 Å². The molecule has 1 aromatic carbocycles. The molecule has 1 aliphatic heterocycles. The molecule has 1 atom stereocenters. The number of nitrogens with zero attached hydrogens (tertiary/aromatic N) is 1. The summed E-state index contributed by atoms with van der Waals surface area (Å²) in [4.78, 5) is 2.41. The van der Waals surface area contributed by atoms with Crippen LogP contribution in [0.3, 0.4) is 0 Å². The number of likely N-dealkylation sites (tertiary alicyclic amines) is 1. The van der Waals surface area contributed by atoms with Crippen LogP contribution in [-0.4, -0.2) is 39.5 Å². The van der Waals surface area contributed by atoms with Crippen molar-refractivity contribution in [2.45, 2.75) is 38.0 Å². The van der Waals surface area contributed by atoms with Crippen LogP contribution in [0.1, 0.15) is 31.7 Å². The summed E-state index contributed by atoms with van der Waals surface area (Å²) in [7, 11) is -3.64. The Bertz CT molecular complexity index is 604. The summed E-state index contributed by atoms with van der Waals surface area (Å²) >= 11 is 0. The maximum atomic E-state index is 13.2. The van der Waals surface area contributed by atoms with Crippen LogP contribution in [0.5, 0.6) is 0 Å². The molecule has 2 rings (SSSR count). The highest BCUT2D eigenvalue weighted by molar-refractivity contribution is 7.89. The first-order chi connectivity index (χ1) is 10.4. The topological polar surface area (TPSA) is 49.4 Å². The lowest BCUT2D eigenvalue weighted by atomic mass is 10.0. The molecule has 0 radical (unpaired) electrons. The molecule has 1 heterocycles. The van der Waals surface area contributed by atoms with Gasteiger partial charge >= 0.3 is 0 Å². The van der Waals surface area contributed by atoms with E-state index in [1.165, 1.54) is 25.0 Å². The largest absolute Gasteiger partial charge is 0.303 e. The van der Waals surface area contributed by atoms with Crippen LogP contribution in [0.25, 0.3) is 0 Å². The van der Waals surface area contributed by atoms with Crippen molar-refractivity contribution in [1.82, 2.24) is 9.62 Å². The van der Waals surface area contributed by atoms with Crippen molar-refractivity contribution in [3.8, 4) is 0 Å². The van der Waals surface area contributed by atoms with Crippen molar-refractivity contribution < 1.29 is 12.8 Å². The van der Waals surface area contributed by atoms with Gasteiger partial charge in [0, 0.05) is 13.1 Å². The molecule has 1 unspecified atom stereocenters. The minimum absolute atomic E-state index is 0.0269. The van der Waals surface area contributed by atoms with Gasteiger partial charge < -0.3 is 4.90 Å². The van der Waals surface area contributed by atoms with Crippen LogP contribution in [0, 0.1) is 18.7 Å². The number of hydrogen-bond donors (Lipinski definition) is 1. The van der Waals surface area contributed by atoms with Gasteiger partial charge in [0.15, 0.2) is 0 Å². The molecule has 0 saturated carbocycles. The summed E-state index contributed by atoms with van der Waals surface area (Å²) in [6, 6.07) is 3.83. The molecule has 1 fully saturated rings. The Morgan fingerprint density at radius 2 is 2.18 bits per heavy atom. The fourth-order valence-corrected chi connectivity index (χ4v) is 4.27. The first-order valence-corrected chi connectivity index (χ1v) is 9.35. The Kier molecular flexibility index (Phi) is 5.94. The molecular weight excluding hydrogens is 303 g/mol. The molecule has 1 aromatic rings. The van der Waals surface area contributed by atoms with Gasteiger partial charge in [0.2, 0.25) is 10.0 Å². The van der Waals surface area contributed by atoms with E-state index < -0.39 is 15.8 Å². The second-order valence-electron chi connectivity index (χ2n) is 6.21. The second kappa shape index (κ2) is 7.53. The molecule has 1 N–H and O–H groups in total. The van der Waals surface area contributed by atoms with Crippen LogP contribution in [0.4, 0.5) is 4.39 Å². The predicted octanol–water partition coefficient (Wildman–Crippen LogP) is 2.53. The number of hydrogen-bond acceptors (Lipinski definition) is 3. The Morgan fingerprint density at radius 3 is 2.91 bits per heavy atom. The molecule has 1 aliphatic rings. The fourth-order valence-electron chi connectivity index (χ4n) is 2.94. The number of sulfonamides is 1. The third-order valence-electron chi connectivity index (χ3n) is 4.12.